The second kappa shape index (κ2) is 11.5. The predicted octanol–water partition coefficient (Wildman–Crippen LogP) is 5.08. The number of hydrogen-bond acceptors (Lipinski definition) is 5. The zero-order valence-electron chi connectivity index (χ0n) is 22.6. The van der Waals surface area contributed by atoms with Crippen LogP contribution in [0.3, 0.4) is 0 Å². The number of carbonyl (C=O) groups excluding carboxylic acids is 2. The van der Waals surface area contributed by atoms with E-state index >= 15 is 0 Å². The molecular formula is C30H35N5O3. The SMILES string of the molecule is CCOc1ccc([C@H](C(=O)NC(C)(C)C)N(C(=O)Cn2nnc3ccccc32)c2ccccc2CC)cc1. The summed E-state index contributed by atoms with van der Waals surface area (Å²) >= 11 is 0. The molecule has 0 spiro atoms. The molecule has 2 amide bonds. The number of anilines is 1. The summed E-state index contributed by atoms with van der Waals surface area (Å²) < 4.78 is 7.20. The summed E-state index contributed by atoms with van der Waals surface area (Å²) in [5, 5.41) is 11.5. The van der Waals surface area contributed by atoms with E-state index in [0.717, 1.165) is 11.1 Å². The monoisotopic (exact) mass is 513 g/mol. The fourth-order valence-corrected chi connectivity index (χ4v) is 4.47. The smallest absolute Gasteiger partial charge is 0.249 e. The van der Waals surface area contributed by atoms with Crippen molar-refractivity contribution < 1.29 is 14.3 Å². The lowest BCUT2D eigenvalue weighted by atomic mass is 9.99. The van der Waals surface area contributed by atoms with Crippen LogP contribution in [0.1, 0.15) is 51.8 Å². The first-order valence-electron chi connectivity index (χ1n) is 12.9. The van der Waals surface area contributed by atoms with E-state index in [-0.39, 0.29) is 18.4 Å². The Morgan fingerprint density at radius 3 is 2.34 bits per heavy atom. The van der Waals surface area contributed by atoms with Gasteiger partial charge in [-0.1, -0.05) is 54.6 Å². The van der Waals surface area contributed by atoms with E-state index in [1.54, 1.807) is 9.58 Å². The van der Waals surface area contributed by atoms with Crippen molar-refractivity contribution in [3.8, 4) is 5.75 Å². The zero-order chi connectivity index (χ0) is 27.3. The van der Waals surface area contributed by atoms with Crippen molar-refractivity contribution in [1.29, 1.82) is 0 Å². The quantitative estimate of drug-likeness (QED) is 0.337. The third-order valence-electron chi connectivity index (χ3n) is 6.12. The van der Waals surface area contributed by atoms with Crippen molar-refractivity contribution in [2.75, 3.05) is 11.5 Å². The van der Waals surface area contributed by atoms with E-state index in [1.165, 1.54) is 0 Å². The highest BCUT2D eigenvalue weighted by Gasteiger charge is 2.35. The molecule has 1 heterocycles. The van der Waals surface area contributed by atoms with Crippen LogP contribution in [0, 0.1) is 0 Å². The van der Waals surface area contributed by atoms with Gasteiger partial charge in [-0.3, -0.25) is 14.5 Å². The molecule has 38 heavy (non-hydrogen) atoms. The van der Waals surface area contributed by atoms with Crippen molar-refractivity contribution in [3.05, 3.63) is 83.9 Å². The van der Waals surface area contributed by atoms with Gasteiger partial charge in [0.1, 0.15) is 23.9 Å². The lowest BCUT2D eigenvalue weighted by molar-refractivity contribution is -0.128. The van der Waals surface area contributed by atoms with E-state index < -0.39 is 11.6 Å². The van der Waals surface area contributed by atoms with Crippen LogP contribution in [0.15, 0.2) is 72.8 Å². The Hall–Kier alpha value is -4.20. The Labute approximate surface area is 223 Å². The Balaban J connectivity index is 1.84. The molecule has 0 aliphatic rings. The van der Waals surface area contributed by atoms with Gasteiger partial charge in [0.05, 0.1) is 12.1 Å². The molecule has 8 nitrogen and oxygen atoms in total. The zero-order valence-corrected chi connectivity index (χ0v) is 22.6. The van der Waals surface area contributed by atoms with Gasteiger partial charge < -0.3 is 10.1 Å². The first-order chi connectivity index (χ1) is 18.2. The Bertz CT molecular complexity index is 1410. The van der Waals surface area contributed by atoms with Crippen LogP contribution in [-0.2, 0) is 22.6 Å². The number of aromatic nitrogens is 3. The molecule has 0 aliphatic carbocycles. The number of fused-ring (bicyclic) bond motifs is 1. The van der Waals surface area contributed by atoms with Crippen LogP contribution in [0.2, 0.25) is 0 Å². The fraction of sp³-hybridized carbons (Fsp3) is 0.333. The second-order valence-corrected chi connectivity index (χ2v) is 10.1. The van der Waals surface area contributed by atoms with Crippen LogP contribution in [0.4, 0.5) is 5.69 Å². The number of rotatable bonds is 9. The second-order valence-electron chi connectivity index (χ2n) is 10.1. The molecule has 0 fully saturated rings. The number of aryl methyl sites for hydroxylation is 1. The average Bonchev–Trinajstić information content (AvgIpc) is 3.29. The molecule has 8 heteroatoms. The van der Waals surface area contributed by atoms with Crippen LogP contribution >= 0.6 is 0 Å². The lowest BCUT2D eigenvalue weighted by Crippen LogP contribution is -2.50. The van der Waals surface area contributed by atoms with E-state index in [4.69, 9.17) is 4.74 Å². The standard InChI is InChI=1S/C30H35N5O3/c1-6-21-12-8-10-14-25(21)35(27(36)20-34-26-15-11-9-13-24(26)32-33-34)28(29(37)31-30(3,4)5)22-16-18-23(19-17-22)38-7-2/h8-19,28H,6-7,20H2,1-5H3,(H,31,37)/t28-/m1/s1. The molecule has 0 saturated heterocycles. The maximum absolute atomic E-state index is 14.2. The summed E-state index contributed by atoms with van der Waals surface area (Å²) in [5.74, 6) is 0.154. The summed E-state index contributed by atoms with van der Waals surface area (Å²) in [6.45, 7) is 10.2. The minimum absolute atomic E-state index is 0.0745. The topological polar surface area (TPSA) is 89.4 Å². The van der Waals surface area contributed by atoms with Crippen LogP contribution in [0.25, 0.3) is 11.0 Å². The molecule has 0 unspecified atom stereocenters. The molecule has 3 aromatic carbocycles. The van der Waals surface area contributed by atoms with Crippen molar-refractivity contribution in [2.24, 2.45) is 0 Å². The van der Waals surface area contributed by atoms with Gasteiger partial charge in [-0.2, -0.15) is 0 Å². The molecule has 4 aromatic rings. The molecule has 1 N–H and O–H groups in total. The number of benzene rings is 3. The van der Waals surface area contributed by atoms with Gasteiger partial charge in [0, 0.05) is 11.2 Å². The van der Waals surface area contributed by atoms with Gasteiger partial charge in [0.2, 0.25) is 11.8 Å². The molecule has 0 saturated carbocycles. The molecular weight excluding hydrogens is 478 g/mol. The van der Waals surface area contributed by atoms with Crippen LogP contribution in [0.5, 0.6) is 5.75 Å². The normalized spacial score (nSPS) is 12.2. The predicted molar refractivity (Wildman–Crippen MR) is 149 cm³/mol. The van der Waals surface area contributed by atoms with E-state index in [9.17, 15) is 9.59 Å². The van der Waals surface area contributed by atoms with E-state index in [1.807, 2.05) is 107 Å². The minimum atomic E-state index is -0.917. The largest absolute Gasteiger partial charge is 0.494 e. The third kappa shape index (κ3) is 6.02. The summed E-state index contributed by atoms with van der Waals surface area (Å²) in [7, 11) is 0. The van der Waals surface area contributed by atoms with Gasteiger partial charge >= 0.3 is 0 Å². The van der Waals surface area contributed by atoms with E-state index in [0.29, 0.717) is 35.5 Å². The number of nitrogens with zero attached hydrogens (tertiary/aromatic N) is 4. The Morgan fingerprint density at radius 1 is 0.974 bits per heavy atom. The number of nitrogens with one attached hydrogen (secondary N) is 1. The van der Waals surface area contributed by atoms with Crippen molar-refractivity contribution in [3.63, 3.8) is 0 Å². The van der Waals surface area contributed by atoms with Gasteiger partial charge in [-0.15, -0.1) is 5.10 Å². The van der Waals surface area contributed by atoms with Gasteiger partial charge in [0.25, 0.3) is 0 Å². The van der Waals surface area contributed by atoms with Crippen molar-refractivity contribution >= 4 is 28.5 Å². The first kappa shape index (κ1) is 26.9. The molecule has 1 aromatic heterocycles. The highest BCUT2D eigenvalue weighted by Crippen LogP contribution is 2.33. The number of para-hydroxylation sites is 2. The number of amides is 2. The summed E-state index contributed by atoms with van der Waals surface area (Å²) in [5.41, 5.74) is 3.28. The maximum Gasteiger partial charge on any atom is 0.249 e. The van der Waals surface area contributed by atoms with Gasteiger partial charge in [-0.25, -0.2) is 4.68 Å². The average molecular weight is 514 g/mol. The summed E-state index contributed by atoms with van der Waals surface area (Å²) in [6, 6.07) is 21.6. The molecule has 0 radical (unpaired) electrons. The van der Waals surface area contributed by atoms with E-state index in [2.05, 4.69) is 15.6 Å². The number of hydrogen-bond donors (Lipinski definition) is 1. The third-order valence-corrected chi connectivity index (χ3v) is 6.12. The lowest BCUT2D eigenvalue weighted by Gasteiger charge is -2.35. The van der Waals surface area contributed by atoms with Gasteiger partial charge in [0.15, 0.2) is 0 Å². The number of carbonyl (C=O) groups is 2. The maximum atomic E-state index is 14.2. The molecule has 0 bridgehead atoms. The molecule has 198 valence electrons. The first-order valence-corrected chi connectivity index (χ1v) is 12.9. The number of ether oxygens (including phenoxy) is 1. The molecule has 0 aliphatic heterocycles. The summed E-state index contributed by atoms with van der Waals surface area (Å²) in [6.07, 6.45) is 0.698. The minimum Gasteiger partial charge on any atom is -0.494 e. The molecule has 4 rings (SSSR count). The highest BCUT2D eigenvalue weighted by molar-refractivity contribution is 6.02. The fourth-order valence-electron chi connectivity index (χ4n) is 4.47. The van der Waals surface area contributed by atoms with Crippen molar-refractivity contribution in [2.45, 2.75) is 59.2 Å². The van der Waals surface area contributed by atoms with Gasteiger partial charge in [-0.05, 0) is 75.6 Å². The Kier molecular flexibility index (Phi) is 8.10. The highest BCUT2D eigenvalue weighted by atomic mass is 16.5. The van der Waals surface area contributed by atoms with Crippen LogP contribution < -0.4 is 15.0 Å². The van der Waals surface area contributed by atoms with Crippen molar-refractivity contribution in [1.82, 2.24) is 20.3 Å². The van der Waals surface area contributed by atoms with Crippen LogP contribution in [-0.4, -0.2) is 39.0 Å². The molecule has 1 atom stereocenters. The summed E-state index contributed by atoms with van der Waals surface area (Å²) in [4.78, 5) is 29.7. The Morgan fingerprint density at radius 2 is 1.66 bits per heavy atom.